The molecule has 2 heterocycles. The van der Waals surface area contributed by atoms with Gasteiger partial charge in [0.05, 0.1) is 5.52 Å². The van der Waals surface area contributed by atoms with E-state index in [9.17, 15) is 0 Å². The molecule has 1 aliphatic rings. The first kappa shape index (κ1) is 17.7. The van der Waals surface area contributed by atoms with Crippen LogP contribution in [-0.2, 0) is 0 Å². The fraction of sp³-hybridized carbons (Fsp3) is 0.217. The third kappa shape index (κ3) is 3.54. The SMILES string of the molecule is CNC1CC(n2ccc3ncnc(Oc4ccc(Oc5ccccc5)cc4)c32)C1. The van der Waals surface area contributed by atoms with Gasteiger partial charge in [-0.3, -0.25) is 0 Å². The molecular weight excluding hydrogens is 364 g/mol. The fourth-order valence-corrected chi connectivity index (χ4v) is 3.71. The first-order valence-electron chi connectivity index (χ1n) is 9.80. The summed E-state index contributed by atoms with van der Waals surface area (Å²) in [7, 11) is 2.01. The lowest BCUT2D eigenvalue weighted by molar-refractivity contribution is 0.240. The van der Waals surface area contributed by atoms with Gasteiger partial charge in [0, 0.05) is 18.3 Å². The monoisotopic (exact) mass is 386 g/mol. The number of hydrogen-bond donors (Lipinski definition) is 1. The van der Waals surface area contributed by atoms with E-state index in [2.05, 4.69) is 26.0 Å². The fourth-order valence-electron chi connectivity index (χ4n) is 3.71. The van der Waals surface area contributed by atoms with Crippen LogP contribution in [0.1, 0.15) is 18.9 Å². The predicted octanol–water partition coefficient (Wildman–Crippen LogP) is 4.94. The summed E-state index contributed by atoms with van der Waals surface area (Å²) in [4.78, 5) is 8.80. The molecule has 6 nitrogen and oxygen atoms in total. The van der Waals surface area contributed by atoms with Crippen LogP contribution in [0.3, 0.4) is 0 Å². The molecule has 2 aromatic carbocycles. The van der Waals surface area contributed by atoms with E-state index in [0.717, 1.165) is 35.4 Å². The van der Waals surface area contributed by atoms with Crippen LogP contribution in [0.15, 0.2) is 73.2 Å². The van der Waals surface area contributed by atoms with Gasteiger partial charge in [0.1, 0.15) is 29.1 Å². The number of benzene rings is 2. The Morgan fingerprint density at radius 3 is 2.28 bits per heavy atom. The molecule has 0 saturated heterocycles. The molecule has 5 rings (SSSR count). The Bertz CT molecular complexity index is 1100. The van der Waals surface area contributed by atoms with Crippen molar-refractivity contribution in [3.8, 4) is 23.1 Å². The van der Waals surface area contributed by atoms with Crippen LogP contribution in [0.5, 0.6) is 23.1 Å². The molecule has 1 N–H and O–H groups in total. The topological polar surface area (TPSA) is 61.2 Å². The van der Waals surface area contributed by atoms with Gasteiger partial charge in [-0.25, -0.2) is 4.98 Å². The molecule has 0 radical (unpaired) electrons. The highest BCUT2D eigenvalue weighted by atomic mass is 16.5. The zero-order valence-electron chi connectivity index (χ0n) is 16.2. The third-order valence-corrected chi connectivity index (χ3v) is 5.40. The molecule has 29 heavy (non-hydrogen) atoms. The van der Waals surface area contributed by atoms with Crippen molar-refractivity contribution in [3.05, 3.63) is 73.2 Å². The van der Waals surface area contributed by atoms with Crippen LogP contribution in [0.4, 0.5) is 0 Å². The molecule has 1 aliphatic carbocycles. The number of para-hydroxylation sites is 1. The predicted molar refractivity (Wildman–Crippen MR) is 112 cm³/mol. The van der Waals surface area contributed by atoms with Crippen molar-refractivity contribution in [1.29, 1.82) is 0 Å². The second-order valence-corrected chi connectivity index (χ2v) is 7.24. The van der Waals surface area contributed by atoms with Gasteiger partial charge < -0.3 is 19.4 Å². The number of aromatic nitrogens is 3. The van der Waals surface area contributed by atoms with Crippen molar-refractivity contribution in [1.82, 2.24) is 19.9 Å². The van der Waals surface area contributed by atoms with Crippen LogP contribution >= 0.6 is 0 Å². The average Bonchev–Trinajstić information content (AvgIpc) is 3.14. The van der Waals surface area contributed by atoms with Gasteiger partial charge in [-0.15, -0.1) is 0 Å². The third-order valence-electron chi connectivity index (χ3n) is 5.40. The zero-order chi connectivity index (χ0) is 19.6. The summed E-state index contributed by atoms with van der Waals surface area (Å²) in [6, 6.07) is 20.3. The minimum atomic E-state index is 0.444. The van der Waals surface area contributed by atoms with Gasteiger partial charge >= 0.3 is 0 Å². The number of nitrogens with zero attached hydrogens (tertiary/aromatic N) is 3. The lowest BCUT2D eigenvalue weighted by Gasteiger charge is -2.36. The Morgan fingerprint density at radius 1 is 0.862 bits per heavy atom. The Labute approximate surface area is 169 Å². The van der Waals surface area contributed by atoms with Crippen molar-refractivity contribution in [2.75, 3.05) is 7.05 Å². The van der Waals surface area contributed by atoms with Gasteiger partial charge in [0.2, 0.25) is 5.88 Å². The van der Waals surface area contributed by atoms with Crippen LogP contribution in [-0.4, -0.2) is 27.6 Å². The highest BCUT2D eigenvalue weighted by Gasteiger charge is 2.30. The van der Waals surface area contributed by atoms with E-state index in [4.69, 9.17) is 9.47 Å². The average molecular weight is 386 g/mol. The van der Waals surface area contributed by atoms with Crippen LogP contribution in [0, 0.1) is 0 Å². The molecule has 0 aliphatic heterocycles. The Kier molecular flexibility index (Phi) is 4.62. The van der Waals surface area contributed by atoms with Crippen LogP contribution in [0.25, 0.3) is 11.0 Å². The number of nitrogens with one attached hydrogen (secondary N) is 1. The smallest absolute Gasteiger partial charge is 0.247 e. The van der Waals surface area contributed by atoms with E-state index in [1.807, 2.05) is 67.7 Å². The Hall–Kier alpha value is -3.38. The van der Waals surface area contributed by atoms with Gasteiger partial charge in [0.25, 0.3) is 0 Å². The molecule has 1 saturated carbocycles. The highest BCUT2D eigenvalue weighted by molar-refractivity contribution is 5.81. The molecule has 0 spiro atoms. The first-order chi connectivity index (χ1) is 14.3. The second kappa shape index (κ2) is 7.56. The summed E-state index contributed by atoms with van der Waals surface area (Å²) in [6.45, 7) is 0. The molecule has 146 valence electrons. The van der Waals surface area contributed by atoms with E-state index in [1.165, 1.54) is 0 Å². The molecule has 4 aromatic rings. The zero-order valence-corrected chi connectivity index (χ0v) is 16.2. The van der Waals surface area contributed by atoms with Crippen molar-refractivity contribution >= 4 is 11.0 Å². The van der Waals surface area contributed by atoms with E-state index in [0.29, 0.717) is 23.7 Å². The van der Waals surface area contributed by atoms with Gasteiger partial charge in [-0.05, 0) is 62.4 Å². The van der Waals surface area contributed by atoms with Crippen LogP contribution in [0.2, 0.25) is 0 Å². The largest absolute Gasteiger partial charge is 0.457 e. The lowest BCUT2D eigenvalue weighted by atomic mass is 9.86. The lowest BCUT2D eigenvalue weighted by Crippen LogP contribution is -2.39. The van der Waals surface area contributed by atoms with Crippen molar-refractivity contribution in [2.24, 2.45) is 0 Å². The van der Waals surface area contributed by atoms with E-state index in [1.54, 1.807) is 6.33 Å². The number of hydrogen-bond acceptors (Lipinski definition) is 5. The molecular formula is C23H22N4O2. The van der Waals surface area contributed by atoms with E-state index >= 15 is 0 Å². The molecule has 1 fully saturated rings. The van der Waals surface area contributed by atoms with Crippen molar-refractivity contribution < 1.29 is 9.47 Å². The molecule has 0 amide bonds. The first-order valence-corrected chi connectivity index (χ1v) is 9.80. The van der Waals surface area contributed by atoms with E-state index in [-0.39, 0.29) is 0 Å². The Morgan fingerprint density at radius 2 is 1.55 bits per heavy atom. The number of fused-ring (bicyclic) bond motifs is 1. The van der Waals surface area contributed by atoms with Crippen molar-refractivity contribution in [2.45, 2.75) is 24.9 Å². The normalized spacial score (nSPS) is 18.4. The number of ether oxygens (including phenoxy) is 2. The maximum atomic E-state index is 6.12. The Balaban J connectivity index is 1.37. The second-order valence-electron chi connectivity index (χ2n) is 7.24. The molecule has 0 bridgehead atoms. The van der Waals surface area contributed by atoms with E-state index < -0.39 is 0 Å². The molecule has 2 aromatic heterocycles. The quantitative estimate of drug-likeness (QED) is 0.509. The van der Waals surface area contributed by atoms with Gasteiger partial charge in [-0.1, -0.05) is 18.2 Å². The van der Waals surface area contributed by atoms with Crippen LogP contribution < -0.4 is 14.8 Å². The summed E-state index contributed by atoms with van der Waals surface area (Å²) >= 11 is 0. The summed E-state index contributed by atoms with van der Waals surface area (Å²) in [6.07, 6.45) is 5.83. The van der Waals surface area contributed by atoms with Gasteiger partial charge in [-0.2, -0.15) is 4.98 Å². The number of rotatable bonds is 6. The standard InChI is InChI=1S/C23H22N4O2/c1-24-16-13-17(14-16)27-12-11-21-22(27)23(26-15-25-21)29-20-9-7-19(8-10-20)28-18-5-3-2-4-6-18/h2-12,15-17,24H,13-14H2,1H3. The summed E-state index contributed by atoms with van der Waals surface area (Å²) in [5.74, 6) is 2.84. The van der Waals surface area contributed by atoms with Gasteiger partial charge in [0.15, 0.2) is 0 Å². The molecule has 0 unspecified atom stereocenters. The molecule has 0 atom stereocenters. The highest BCUT2D eigenvalue weighted by Crippen LogP contribution is 2.37. The summed E-state index contributed by atoms with van der Waals surface area (Å²) in [5, 5.41) is 3.33. The minimum Gasteiger partial charge on any atom is -0.457 e. The summed E-state index contributed by atoms with van der Waals surface area (Å²) in [5.41, 5.74) is 1.84. The summed E-state index contributed by atoms with van der Waals surface area (Å²) < 4.78 is 14.2. The maximum Gasteiger partial charge on any atom is 0.247 e. The molecule has 6 heteroatoms. The van der Waals surface area contributed by atoms with Crippen molar-refractivity contribution in [3.63, 3.8) is 0 Å². The maximum absolute atomic E-state index is 6.12. The minimum absolute atomic E-state index is 0.444.